The zero-order chi connectivity index (χ0) is 18.6. The van der Waals surface area contributed by atoms with Gasteiger partial charge in [0.05, 0.1) is 17.4 Å². The molecule has 0 spiro atoms. The van der Waals surface area contributed by atoms with Gasteiger partial charge in [-0.15, -0.1) is 0 Å². The molecule has 0 aliphatic carbocycles. The number of pyridine rings is 1. The highest BCUT2D eigenvalue weighted by Gasteiger charge is 2.03. The smallest absolute Gasteiger partial charge is 0.229 e. The third-order valence-corrected chi connectivity index (χ3v) is 4.16. The molecule has 4 aromatic rings. The largest absolute Gasteiger partial charge is 0.378 e. The van der Waals surface area contributed by atoms with Crippen molar-refractivity contribution in [1.82, 2.24) is 15.0 Å². The number of hydrogen-bond acceptors (Lipinski definition) is 6. The summed E-state index contributed by atoms with van der Waals surface area (Å²) in [6.45, 7) is 0. The van der Waals surface area contributed by atoms with E-state index >= 15 is 0 Å². The Hall–Kier alpha value is -3.67. The number of rotatable bonds is 5. The van der Waals surface area contributed by atoms with Crippen LogP contribution in [0.5, 0.6) is 0 Å². The molecule has 0 saturated heterocycles. The van der Waals surface area contributed by atoms with E-state index in [0.29, 0.717) is 11.8 Å². The summed E-state index contributed by atoms with van der Waals surface area (Å²) in [5.41, 5.74) is 3.92. The van der Waals surface area contributed by atoms with Gasteiger partial charge in [-0.2, -0.15) is 4.98 Å². The monoisotopic (exact) mass is 356 g/mol. The first-order valence-electron chi connectivity index (χ1n) is 8.67. The van der Waals surface area contributed by atoms with Gasteiger partial charge in [-0.25, -0.2) is 4.98 Å². The summed E-state index contributed by atoms with van der Waals surface area (Å²) in [5.74, 6) is 1.24. The predicted octanol–water partition coefficient (Wildman–Crippen LogP) is 4.58. The van der Waals surface area contributed by atoms with E-state index in [1.54, 1.807) is 12.4 Å². The van der Waals surface area contributed by atoms with Gasteiger partial charge in [0.25, 0.3) is 0 Å². The number of nitrogens with zero attached hydrogens (tertiary/aromatic N) is 4. The van der Waals surface area contributed by atoms with E-state index in [1.165, 1.54) is 0 Å². The van der Waals surface area contributed by atoms with Crippen LogP contribution in [0.4, 0.5) is 28.8 Å². The number of nitrogens with one attached hydrogen (secondary N) is 2. The molecule has 2 aromatic heterocycles. The summed E-state index contributed by atoms with van der Waals surface area (Å²) >= 11 is 0. The first-order valence-corrected chi connectivity index (χ1v) is 8.67. The van der Waals surface area contributed by atoms with Crippen LogP contribution in [0.15, 0.2) is 73.1 Å². The van der Waals surface area contributed by atoms with E-state index in [2.05, 4.69) is 36.6 Å². The van der Waals surface area contributed by atoms with Crippen molar-refractivity contribution in [2.75, 3.05) is 29.6 Å². The minimum Gasteiger partial charge on any atom is -0.378 e. The van der Waals surface area contributed by atoms with E-state index in [1.807, 2.05) is 68.7 Å². The number of hydrogen-bond donors (Lipinski definition) is 2. The molecule has 6 nitrogen and oxygen atoms in total. The van der Waals surface area contributed by atoms with Gasteiger partial charge in [0, 0.05) is 37.1 Å². The lowest BCUT2D eigenvalue weighted by atomic mass is 10.2. The zero-order valence-electron chi connectivity index (χ0n) is 15.2. The quantitative estimate of drug-likeness (QED) is 0.546. The Morgan fingerprint density at radius 2 is 1.63 bits per heavy atom. The summed E-state index contributed by atoms with van der Waals surface area (Å²) in [6, 6.07) is 20.0. The van der Waals surface area contributed by atoms with Crippen molar-refractivity contribution in [2.24, 2.45) is 0 Å². The van der Waals surface area contributed by atoms with Gasteiger partial charge < -0.3 is 15.5 Å². The normalized spacial score (nSPS) is 10.6. The van der Waals surface area contributed by atoms with Crippen LogP contribution in [-0.4, -0.2) is 29.0 Å². The fourth-order valence-electron chi connectivity index (χ4n) is 2.75. The molecule has 0 atom stereocenters. The summed E-state index contributed by atoms with van der Waals surface area (Å²) < 4.78 is 0. The van der Waals surface area contributed by atoms with Crippen molar-refractivity contribution in [3.63, 3.8) is 0 Å². The van der Waals surface area contributed by atoms with Gasteiger partial charge in [0.2, 0.25) is 5.95 Å². The first kappa shape index (κ1) is 16.8. The van der Waals surface area contributed by atoms with Crippen molar-refractivity contribution < 1.29 is 0 Å². The molecule has 6 heteroatoms. The Bertz CT molecular complexity index is 1060. The zero-order valence-corrected chi connectivity index (χ0v) is 15.2. The lowest BCUT2D eigenvalue weighted by molar-refractivity contribution is 1.13. The number of para-hydroxylation sites is 1. The first-order chi connectivity index (χ1) is 13.2. The minimum atomic E-state index is 0.534. The standard InChI is InChI=1S/C21H20N6/c1-27(2)18-9-7-16(8-10-18)25-21-22-12-11-20(26-21)24-17-13-15-5-3-4-6-19(15)23-14-17/h3-14H,1-2H3,(H2,22,24,25,26). The highest BCUT2D eigenvalue weighted by molar-refractivity contribution is 5.82. The molecule has 0 saturated carbocycles. The van der Waals surface area contributed by atoms with Crippen molar-refractivity contribution in [3.8, 4) is 0 Å². The molecule has 0 radical (unpaired) electrons. The van der Waals surface area contributed by atoms with Gasteiger partial charge in [0.15, 0.2) is 0 Å². The molecule has 0 aliphatic heterocycles. The Labute approximate surface area is 157 Å². The Kier molecular flexibility index (Phi) is 4.53. The molecule has 0 amide bonds. The molecule has 0 fully saturated rings. The Balaban J connectivity index is 1.51. The molecule has 27 heavy (non-hydrogen) atoms. The lowest BCUT2D eigenvalue weighted by Crippen LogP contribution is -2.08. The molecule has 4 rings (SSSR count). The number of benzene rings is 2. The second kappa shape index (κ2) is 7.29. The third kappa shape index (κ3) is 3.95. The fourth-order valence-corrected chi connectivity index (χ4v) is 2.75. The molecular weight excluding hydrogens is 336 g/mol. The average molecular weight is 356 g/mol. The SMILES string of the molecule is CN(C)c1ccc(Nc2nccc(Nc3cnc4ccccc4c3)n2)cc1. The second-order valence-corrected chi connectivity index (χ2v) is 6.37. The molecule has 134 valence electrons. The van der Waals surface area contributed by atoms with Crippen LogP contribution in [0.3, 0.4) is 0 Å². The molecule has 0 unspecified atom stereocenters. The molecule has 0 aliphatic rings. The maximum absolute atomic E-state index is 4.53. The topological polar surface area (TPSA) is 66.0 Å². The van der Waals surface area contributed by atoms with Crippen molar-refractivity contribution >= 4 is 39.7 Å². The summed E-state index contributed by atoms with van der Waals surface area (Å²) in [4.78, 5) is 15.3. The van der Waals surface area contributed by atoms with Gasteiger partial charge in [-0.05, 0) is 42.5 Å². The van der Waals surface area contributed by atoms with Gasteiger partial charge in [-0.1, -0.05) is 18.2 Å². The van der Waals surface area contributed by atoms with Crippen LogP contribution < -0.4 is 15.5 Å². The average Bonchev–Trinajstić information content (AvgIpc) is 2.69. The van der Waals surface area contributed by atoms with Gasteiger partial charge in [0.1, 0.15) is 5.82 Å². The minimum absolute atomic E-state index is 0.534. The number of aromatic nitrogens is 3. The number of fused-ring (bicyclic) bond motifs is 1. The van der Waals surface area contributed by atoms with Crippen LogP contribution in [0.2, 0.25) is 0 Å². The van der Waals surface area contributed by atoms with E-state index in [0.717, 1.165) is 28.0 Å². The number of anilines is 5. The van der Waals surface area contributed by atoms with Crippen LogP contribution in [0.1, 0.15) is 0 Å². The fraction of sp³-hybridized carbons (Fsp3) is 0.0952. The predicted molar refractivity (Wildman–Crippen MR) is 111 cm³/mol. The van der Waals surface area contributed by atoms with Crippen molar-refractivity contribution in [1.29, 1.82) is 0 Å². The van der Waals surface area contributed by atoms with Crippen LogP contribution >= 0.6 is 0 Å². The Morgan fingerprint density at radius 1 is 0.815 bits per heavy atom. The summed E-state index contributed by atoms with van der Waals surface area (Å²) in [7, 11) is 4.03. The van der Waals surface area contributed by atoms with Gasteiger partial charge >= 0.3 is 0 Å². The Morgan fingerprint density at radius 3 is 2.44 bits per heavy atom. The molecule has 2 N–H and O–H groups in total. The van der Waals surface area contributed by atoms with Crippen molar-refractivity contribution in [2.45, 2.75) is 0 Å². The van der Waals surface area contributed by atoms with Gasteiger partial charge in [-0.3, -0.25) is 4.98 Å². The highest BCUT2D eigenvalue weighted by atomic mass is 15.1. The third-order valence-electron chi connectivity index (χ3n) is 4.16. The maximum atomic E-state index is 4.53. The van der Waals surface area contributed by atoms with E-state index < -0.39 is 0 Å². The summed E-state index contributed by atoms with van der Waals surface area (Å²) in [5, 5.41) is 7.60. The maximum Gasteiger partial charge on any atom is 0.229 e. The molecule has 2 aromatic carbocycles. The second-order valence-electron chi connectivity index (χ2n) is 6.37. The van der Waals surface area contributed by atoms with E-state index in [4.69, 9.17) is 0 Å². The summed E-state index contributed by atoms with van der Waals surface area (Å²) in [6.07, 6.45) is 3.53. The van der Waals surface area contributed by atoms with E-state index in [9.17, 15) is 0 Å². The van der Waals surface area contributed by atoms with Crippen molar-refractivity contribution in [3.05, 3.63) is 73.1 Å². The lowest BCUT2D eigenvalue weighted by Gasteiger charge is -2.13. The molecular formula is C21H20N6. The molecule has 2 heterocycles. The highest BCUT2D eigenvalue weighted by Crippen LogP contribution is 2.21. The van der Waals surface area contributed by atoms with Crippen LogP contribution in [0, 0.1) is 0 Å². The van der Waals surface area contributed by atoms with Crippen LogP contribution in [-0.2, 0) is 0 Å². The van der Waals surface area contributed by atoms with E-state index in [-0.39, 0.29) is 0 Å². The molecule has 0 bridgehead atoms. The van der Waals surface area contributed by atoms with Crippen LogP contribution in [0.25, 0.3) is 10.9 Å².